The molecule has 0 spiro atoms. The average molecular weight is 679 g/mol. The second-order valence-electron chi connectivity index (χ2n) is 13.3. The summed E-state index contributed by atoms with van der Waals surface area (Å²) in [6.45, 7) is 6.59. The lowest BCUT2D eigenvalue weighted by Crippen LogP contribution is -2.57. The van der Waals surface area contributed by atoms with Gasteiger partial charge in [-0.25, -0.2) is 0 Å². The molecule has 3 atom stereocenters. The van der Waals surface area contributed by atoms with Crippen molar-refractivity contribution >= 4 is 40.4 Å². The SMILES string of the molecule is CC(C)C[C@@H]1NC(=O)[C@@H](Cc2ccccc2)NC(=O)c2ccc(cc2)CN(C(=O)c2cc3ccccc3[nH]2)CCCCNC(=O)[C@@H](C)NC1=O. The molecule has 3 aromatic carbocycles. The Morgan fingerprint density at radius 1 is 0.800 bits per heavy atom. The van der Waals surface area contributed by atoms with E-state index < -0.39 is 35.8 Å². The summed E-state index contributed by atoms with van der Waals surface area (Å²) in [5, 5.41) is 12.3. The first-order valence-electron chi connectivity index (χ1n) is 17.3. The fraction of sp³-hybridized carbons (Fsp3) is 0.359. The van der Waals surface area contributed by atoms with Crippen molar-refractivity contribution in [2.75, 3.05) is 13.1 Å². The Morgan fingerprint density at radius 3 is 2.22 bits per heavy atom. The number of nitrogens with one attached hydrogen (secondary N) is 5. The molecular weight excluding hydrogens is 632 g/mol. The van der Waals surface area contributed by atoms with Gasteiger partial charge < -0.3 is 31.2 Å². The molecule has 6 rings (SSSR count). The number of para-hydroxylation sites is 1. The fourth-order valence-electron chi connectivity index (χ4n) is 6.04. The van der Waals surface area contributed by atoms with E-state index in [2.05, 4.69) is 26.3 Å². The maximum atomic E-state index is 13.8. The van der Waals surface area contributed by atoms with Gasteiger partial charge in [-0.1, -0.05) is 74.5 Å². The van der Waals surface area contributed by atoms with Crippen LogP contribution in [0.15, 0.2) is 84.9 Å². The van der Waals surface area contributed by atoms with E-state index in [-0.39, 0.29) is 24.2 Å². The molecule has 0 radical (unpaired) electrons. The average Bonchev–Trinajstić information content (AvgIpc) is 3.54. The van der Waals surface area contributed by atoms with Gasteiger partial charge in [0.2, 0.25) is 17.7 Å². The smallest absolute Gasteiger partial charge is 0.270 e. The highest BCUT2D eigenvalue weighted by molar-refractivity contribution is 5.99. The molecule has 4 aromatic rings. The molecule has 3 heterocycles. The highest BCUT2D eigenvalue weighted by Crippen LogP contribution is 2.18. The van der Waals surface area contributed by atoms with Crippen molar-refractivity contribution in [1.82, 2.24) is 31.2 Å². The molecule has 5 amide bonds. The maximum Gasteiger partial charge on any atom is 0.270 e. The van der Waals surface area contributed by atoms with Crippen LogP contribution in [-0.4, -0.2) is 70.6 Å². The number of aromatic nitrogens is 1. The van der Waals surface area contributed by atoms with Gasteiger partial charge in [-0.05, 0) is 67.5 Å². The van der Waals surface area contributed by atoms with Crippen LogP contribution in [-0.2, 0) is 27.3 Å². The molecule has 11 nitrogen and oxygen atoms in total. The van der Waals surface area contributed by atoms with Gasteiger partial charge in [0.15, 0.2) is 0 Å². The highest BCUT2D eigenvalue weighted by Gasteiger charge is 2.30. The lowest BCUT2D eigenvalue weighted by atomic mass is 10.0. The number of H-pyrrole nitrogens is 1. The van der Waals surface area contributed by atoms with Crippen molar-refractivity contribution in [3.05, 3.63) is 107 Å². The molecule has 0 saturated carbocycles. The summed E-state index contributed by atoms with van der Waals surface area (Å²) in [5.41, 5.74) is 3.37. The third kappa shape index (κ3) is 9.58. The Kier molecular flexibility index (Phi) is 12.0. The largest absolute Gasteiger partial charge is 0.354 e. The predicted molar refractivity (Wildman–Crippen MR) is 192 cm³/mol. The summed E-state index contributed by atoms with van der Waals surface area (Å²) < 4.78 is 0. The lowest BCUT2D eigenvalue weighted by molar-refractivity contribution is -0.132. The van der Waals surface area contributed by atoms with Gasteiger partial charge in [0.25, 0.3) is 11.8 Å². The van der Waals surface area contributed by atoms with Crippen molar-refractivity contribution in [2.45, 2.75) is 71.1 Å². The van der Waals surface area contributed by atoms with Crippen molar-refractivity contribution in [1.29, 1.82) is 0 Å². The third-order valence-electron chi connectivity index (χ3n) is 8.79. The molecule has 11 heteroatoms. The van der Waals surface area contributed by atoms with Crippen LogP contribution >= 0.6 is 0 Å². The van der Waals surface area contributed by atoms with Gasteiger partial charge in [-0.2, -0.15) is 0 Å². The van der Waals surface area contributed by atoms with Crippen LogP contribution in [0.5, 0.6) is 0 Å². The molecule has 1 aromatic heterocycles. The van der Waals surface area contributed by atoms with E-state index in [1.165, 1.54) is 0 Å². The van der Waals surface area contributed by atoms with Gasteiger partial charge in [0.1, 0.15) is 23.8 Å². The Labute approximate surface area is 292 Å². The van der Waals surface area contributed by atoms with Crippen LogP contribution in [0, 0.1) is 5.92 Å². The van der Waals surface area contributed by atoms with E-state index in [9.17, 15) is 24.0 Å². The van der Waals surface area contributed by atoms with Crippen molar-refractivity contribution in [3.8, 4) is 0 Å². The fourth-order valence-corrected chi connectivity index (χ4v) is 6.04. The molecular formula is C39H46N6O5. The summed E-state index contributed by atoms with van der Waals surface area (Å²) in [6, 6.07) is 23.1. The van der Waals surface area contributed by atoms with Gasteiger partial charge in [0.05, 0.1) is 0 Å². The Bertz CT molecular complexity index is 1770. The van der Waals surface area contributed by atoms with Crippen LogP contribution in [0.2, 0.25) is 0 Å². The Hall–Kier alpha value is -5.45. The maximum absolute atomic E-state index is 13.8. The molecule has 0 unspecified atom stereocenters. The molecule has 2 aliphatic rings. The number of fused-ring (bicyclic) bond motifs is 19. The number of nitrogens with zero attached hydrogens (tertiary/aromatic N) is 1. The predicted octanol–water partition coefficient (Wildman–Crippen LogP) is 4.10. The van der Waals surface area contributed by atoms with E-state index in [1.54, 1.807) is 36.1 Å². The minimum Gasteiger partial charge on any atom is -0.354 e. The summed E-state index contributed by atoms with van der Waals surface area (Å²) in [6.07, 6.45) is 1.78. The van der Waals surface area contributed by atoms with Gasteiger partial charge in [-0.15, -0.1) is 0 Å². The molecule has 50 heavy (non-hydrogen) atoms. The quantitative estimate of drug-likeness (QED) is 0.201. The molecule has 0 fully saturated rings. The minimum atomic E-state index is -0.980. The minimum absolute atomic E-state index is 0.0628. The first-order valence-corrected chi connectivity index (χ1v) is 17.3. The first kappa shape index (κ1) is 35.8. The van der Waals surface area contributed by atoms with Crippen molar-refractivity contribution in [2.24, 2.45) is 5.92 Å². The zero-order valence-electron chi connectivity index (χ0n) is 28.8. The van der Waals surface area contributed by atoms with E-state index in [0.717, 1.165) is 22.0 Å². The van der Waals surface area contributed by atoms with E-state index in [4.69, 9.17) is 0 Å². The number of aromatic amines is 1. The zero-order chi connectivity index (χ0) is 35.6. The first-order chi connectivity index (χ1) is 24.1. The topological polar surface area (TPSA) is 152 Å². The van der Waals surface area contributed by atoms with Crippen molar-refractivity contribution in [3.63, 3.8) is 0 Å². The number of hydrogen-bond acceptors (Lipinski definition) is 5. The summed E-state index contributed by atoms with van der Waals surface area (Å²) in [4.78, 5) is 72.4. The number of benzene rings is 3. The molecule has 2 bridgehead atoms. The second-order valence-corrected chi connectivity index (χ2v) is 13.3. The Balaban J connectivity index is 1.41. The normalized spacial score (nSPS) is 20.1. The molecule has 2 aliphatic heterocycles. The number of amides is 5. The zero-order valence-corrected chi connectivity index (χ0v) is 28.8. The van der Waals surface area contributed by atoms with Crippen LogP contribution in [0.1, 0.15) is 72.0 Å². The number of carbonyl (C=O) groups excluding carboxylic acids is 5. The highest BCUT2D eigenvalue weighted by atomic mass is 16.2. The van der Waals surface area contributed by atoms with Crippen LogP contribution < -0.4 is 21.3 Å². The monoisotopic (exact) mass is 678 g/mol. The summed E-state index contributed by atoms with van der Waals surface area (Å²) in [5.74, 6) is -1.88. The third-order valence-corrected chi connectivity index (χ3v) is 8.79. The van der Waals surface area contributed by atoms with Crippen LogP contribution in [0.3, 0.4) is 0 Å². The lowest BCUT2D eigenvalue weighted by Gasteiger charge is -2.25. The van der Waals surface area contributed by atoms with E-state index in [1.807, 2.05) is 74.5 Å². The van der Waals surface area contributed by atoms with E-state index >= 15 is 0 Å². The Morgan fingerprint density at radius 2 is 1.50 bits per heavy atom. The number of carbonyl (C=O) groups is 5. The van der Waals surface area contributed by atoms with Crippen LogP contribution in [0.4, 0.5) is 0 Å². The summed E-state index contributed by atoms with van der Waals surface area (Å²) in [7, 11) is 0. The summed E-state index contributed by atoms with van der Waals surface area (Å²) >= 11 is 0. The van der Waals surface area contributed by atoms with Gasteiger partial charge in [0, 0.05) is 42.5 Å². The van der Waals surface area contributed by atoms with E-state index in [0.29, 0.717) is 50.2 Å². The molecule has 0 saturated heterocycles. The second kappa shape index (κ2) is 16.8. The number of hydrogen-bond donors (Lipinski definition) is 5. The van der Waals surface area contributed by atoms with Crippen molar-refractivity contribution < 1.29 is 24.0 Å². The number of rotatable bonds is 5. The van der Waals surface area contributed by atoms with Gasteiger partial charge >= 0.3 is 0 Å². The molecule has 262 valence electrons. The molecule has 0 aliphatic carbocycles. The molecule has 5 N–H and O–H groups in total. The van der Waals surface area contributed by atoms with Gasteiger partial charge in [-0.3, -0.25) is 24.0 Å². The standard InChI is InChI=1S/C39H46N6O5/c1-25(2)21-32-37(48)41-26(3)35(46)40-19-9-10-20-45(39(50)34-23-30-13-7-8-14-31(30)42-34)24-28-15-17-29(18-16-28)36(47)43-33(38(49)44-32)22-27-11-5-4-6-12-27/h4-8,11-18,23,25-26,32-33,42H,9-10,19-22,24H2,1-3H3,(H,40,46)(H,41,48)(H,43,47)(H,44,49)/t26-,32+,33-/m1/s1. The van der Waals surface area contributed by atoms with Crippen LogP contribution in [0.25, 0.3) is 10.9 Å².